The maximum Gasteiger partial charge on any atom is 0.416 e. The van der Waals surface area contributed by atoms with E-state index >= 15 is 4.32 Å². The molecular formula is C26H29B2F3N8O7. The third-order valence-electron chi connectivity index (χ3n) is 10.4. The van der Waals surface area contributed by atoms with Crippen LogP contribution in [0.1, 0.15) is 44.9 Å². The average Bonchev–Trinajstić information content (AvgIpc) is 3.62. The molecule has 20 heteroatoms. The van der Waals surface area contributed by atoms with Crippen molar-refractivity contribution in [3.63, 3.8) is 0 Å². The molecule has 0 bridgehead atoms. The average molecular weight is 644 g/mol. The number of ether oxygens (including phenoxy) is 1. The molecule has 3 aromatic heterocycles. The summed E-state index contributed by atoms with van der Waals surface area (Å²) < 4.78 is 50.6. The van der Waals surface area contributed by atoms with Crippen molar-refractivity contribution in [3.05, 3.63) is 18.5 Å². The number of aromatic amines is 1. The molecule has 3 aliphatic heterocycles. The number of alkyl halides is 2. The van der Waals surface area contributed by atoms with E-state index in [1.165, 1.54) is 23.1 Å². The van der Waals surface area contributed by atoms with E-state index in [9.17, 15) is 39.1 Å². The Morgan fingerprint density at radius 3 is 2.43 bits per heavy atom. The number of amides is 2. The van der Waals surface area contributed by atoms with Gasteiger partial charge in [-0.3, -0.25) is 15.0 Å². The van der Waals surface area contributed by atoms with Gasteiger partial charge in [0.25, 0.3) is 0 Å². The monoisotopic (exact) mass is 644 g/mol. The molecule has 8 rings (SSSR count). The van der Waals surface area contributed by atoms with Crippen molar-refractivity contribution in [1.82, 2.24) is 29.9 Å². The Balaban J connectivity index is 1.13. The first-order chi connectivity index (χ1) is 21.5. The summed E-state index contributed by atoms with van der Waals surface area (Å²) in [4.78, 5) is 19.9. The van der Waals surface area contributed by atoms with Crippen molar-refractivity contribution in [2.24, 2.45) is 0 Å². The molecule has 7 N–H and O–H groups in total. The number of carbonyl (C=O) groups is 1. The normalized spacial score (nSPS) is 27.2. The van der Waals surface area contributed by atoms with Gasteiger partial charge < -0.3 is 44.8 Å². The van der Waals surface area contributed by atoms with E-state index in [0.717, 1.165) is 6.42 Å². The summed E-state index contributed by atoms with van der Waals surface area (Å²) in [5.41, 5.74) is -2.47. The lowest BCUT2D eigenvalue weighted by atomic mass is 9.68. The molecular weight excluding hydrogens is 615 g/mol. The number of pyridine rings is 1. The van der Waals surface area contributed by atoms with Gasteiger partial charge in [-0.25, -0.2) is 9.48 Å². The quantitative estimate of drug-likeness (QED) is 0.144. The van der Waals surface area contributed by atoms with Gasteiger partial charge in [0.2, 0.25) is 5.87 Å². The van der Waals surface area contributed by atoms with Gasteiger partial charge >= 0.3 is 24.9 Å². The summed E-state index contributed by atoms with van der Waals surface area (Å²) in [5, 5.41) is 64.3. The number of hydrogen-bond acceptors (Lipinski definition) is 11. The second-order valence-electron chi connectivity index (χ2n) is 13.2. The Kier molecular flexibility index (Phi) is 5.95. The largest absolute Gasteiger partial charge is 0.416 e. The van der Waals surface area contributed by atoms with E-state index in [1.54, 1.807) is 4.90 Å². The van der Waals surface area contributed by atoms with E-state index in [-0.39, 0.29) is 36.6 Å². The summed E-state index contributed by atoms with van der Waals surface area (Å²) in [5.74, 6) is -10.2. The zero-order valence-corrected chi connectivity index (χ0v) is 24.2. The van der Waals surface area contributed by atoms with Crippen molar-refractivity contribution in [2.45, 2.75) is 85.2 Å². The second kappa shape index (κ2) is 9.13. The number of aliphatic hydroxyl groups is 5. The molecule has 2 aliphatic carbocycles. The molecule has 2 radical (unpaired) electrons. The van der Waals surface area contributed by atoms with Gasteiger partial charge in [0, 0.05) is 31.0 Å². The molecule has 5 aliphatic rings. The van der Waals surface area contributed by atoms with Crippen LogP contribution in [0.2, 0.25) is 5.31 Å². The fourth-order valence-corrected chi connectivity index (χ4v) is 7.45. The Bertz CT molecular complexity index is 1750. The van der Waals surface area contributed by atoms with E-state index in [1.807, 2.05) is 0 Å². The third-order valence-corrected chi connectivity index (χ3v) is 10.4. The Morgan fingerprint density at radius 1 is 1.13 bits per heavy atom. The molecule has 2 spiro atoms. The molecule has 2 amide bonds. The highest BCUT2D eigenvalue weighted by Crippen LogP contribution is 2.76. The number of nitrogens with one attached hydrogen (secondary N) is 2. The van der Waals surface area contributed by atoms with Crippen molar-refractivity contribution < 1.29 is 48.2 Å². The first-order valence-corrected chi connectivity index (χ1v) is 14.9. The second-order valence-corrected chi connectivity index (χ2v) is 13.2. The zero-order chi connectivity index (χ0) is 32.7. The number of hydrogen-bond donors (Lipinski definition) is 7. The summed E-state index contributed by atoms with van der Waals surface area (Å²) in [7, 11) is 5.12. The van der Waals surface area contributed by atoms with Gasteiger partial charge in [-0.1, -0.05) is 6.42 Å². The predicted octanol–water partition coefficient (Wildman–Crippen LogP) is 0.308. The molecule has 1 unspecified atom stereocenters. The van der Waals surface area contributed by atoms with Crippen molar-refractivity contribution in [2.75, 3.05) is 23.3 Å². The van der Waals surface area contributed by atoms with Crippen LogP contribution in [0.3, 0.4) is 0 Å². The van der Waals surface area contributed by atoms with Crippen molar-refractivity contribution in [3.8, 4) is 11.4 Å². The van der Waals surface area contributed by atoms with Crippen LogP contribution in [0, 0.1) is 0 Å². The van der Waals surface area contributed by atoms with Gasteiger partial charge in [-0.15, -0.1) is 0 Å². The molecule has 242 valence electrons. The lowest BCUT2D eigenvalue weighted by Gasteiger charge is -2.48. The highest BCUT2D eigenvalue weighted by Gasteiger charge is 2.86. The number of halogens is 3. The maximum atomic E-state index is 15.4. The number of fused-ring (bicyclic) bond motifs is 1. The van der Waals surface area contributed by atoms with Gasteiger partial charge in [0.15, 0.2) is 19.3 Å². The number of anilines is 2. The van der Waals surface area contributed by atoms with Crippen molar-refractivity contribution >= 4 is 43.3 Å². The molecule has 5 fully saturated rings. The van der Waals surface area contributed by atoms with Crippen LogP contribution in [0.25, 0.3) is 22.3 Å². The first-order valence-electron chi connectivity index (χ1n) is 14.9. The molecule has 15 nitrogen and oxygen atoms in total. The van der Waals surface area contributed by atoms with Gasteiger partial charge in [0.1, 0.15) is 5.69 Å². The molecule has 3 aromatic rings. The van der Waals surface area contributed by atoms with Crippen LogP contribution in [-0.4, -0.2) is 119 Å². The highest BCUT2D eigenvalue weighted by atomic mass is 19.3. The Morgan fingerprint density at radius 2 is 1.83 bits per heavy atom. The fourth-order valence-electron chi connectivity index (χ4n) is 7.45. The smallest absolute Gasteiger partial charge is 0.373 e. The van der Waals surface area contributed by atoms with Crippen LogP contribution in [-0.2, 0) is 10.4 Å². The van der Waals surface area contributed by atoms with Gasteiger partial charge in [-0.05, 0) is 38.2 Å². The molecule has 46 heavy (non-hydrogen) atoms. The molecule has 0 aromatic carbocycles. The minimum absolute atomic E-state index is 0.00592. The summed E-state index contributed by atoms with van der Waals surface area (Å²) in [6.07, 6.45) is 3.45. The number of carbonyl (C=O) groups excluding carboxylic acids is 1. The third kappa shape index (κ3) is 3.97. The number of likely N-dealkylation sites (tertiary alicyclic amines) is 1. The van der Waals surface area contributed by atoms with Crippen molar-refractivity contribution in [1.29, 1.82) is 0 Å². The van der Waals surface area contributed by atoms with Gasteiger partial charge in [0.05, 0.1) is 40.1 Å². The van der Waals surface area contributed by atoms with Crippen LogP contribution < -0.4 is 10.2 Å². The van der Waals surface area contributed by atoms with E-state index < -0.39 is 59.7 Å². The Labute approximate surface area is 259 Å². The van der Waals surface area contributed by atoms with Crippen LogP contribution >= 0.6 is 0 Å². The number of aromatic nitrogens is 5. The standard InChI is InChI=1S/C26H29B2F3N8O7/c27-26(44,45)46-13-11-37(12-13)19-14-9-32-15(8-17(14)39(36-19)24(41)22(28(24)31)2-1-3-22)18-16(10-33-35-18)34-20(40)38-21(4-5-21)6-7-23(29,30)25(38,42)43/h8-10,13,41-45H,1-7,11-12H2,(H,33,35)(H,34,40). The van der Waals surface area contributed by atoms with Crippen LogP contribution in [0.5, 0.6) is 0 Å². The molecule has 1 atom stereocenters. The maximum absolute atomic E-state index is 15.4. The summed E-state index contributed by atoms with van der Waals surface area (Å²) >= 11 is 0. The number of urea groups is 1. The van der Waals surface area contributed by atoms with E-state index in [4.69, 9.17) is 12.6 Å². The fraction of sp³-hybridized carbons (Fsp3) is 0.615. The topological polar surface area (TPSA) is 205 Å². The first kappa shape index (κ1) is 29.9. The Hall–Kier alpha value is -3.42. The van der Waals surface area contributed by atoms with E-state index in [2.05, 4.69) is 25.6 Å². The lowest BCUT2D eigenvalue weighted by Crippen LogP contribution is -2.70. The number of nitrogens with zero attached hydrogens (tertiary/aromatic N) is 6. The van der Waals surface area contributed by atoms with E-state index in [0.29, 0.717) is 47.3 Å². The number of H-pyrrole nitrogens is 1. The number of rotatable bonds is 6. The van der Waals surface area contributed by atoms with Crippen LogP contribution in [0.4, 0.5) is 29.4 Å². The number of piperidine rings is 1. The highest BCUT2D eigenvalue weighted by molar-refractivity contribution is 6.71. The lowest BCUT2D eigenvalue weighted by molar-refractivity contribution is -0.378. The minimum atomic E-state index is -3.96. The van der Waals surface area contributed by atoms with Crippen LogP contribution in [0.15, 0.2) is 18.5 Å². The van der Waals surface area contributed by atoms with Gasteiger partial charge in [-0.2, -0.15) is 19.0 Å². The minimum Gasteiger partial charge on any atom is -0.373 e. The molecule has 3 saturated heterocycles. The molecule has 6 heterocycles. The SMILES string of the molecule is [B]C(O)(O)OC1CN(c2nn(C3(O)B(F)C34CCC4)c3cc(-c4[nH]ncc4NC(=O)N4C5(CC5)CCC(F)(F)C4(O)O)ncc23)C1. The summed E-state index contributed by atoms with van der Waals surface area (Å²) in [6, 6.07) is 0.337. The zero-order valence-electron chi connectivity index (χ0n) is 24.2. The molecule has 2 saturated carbocycles. The summed E-state index contributed by atoms with van der Waals surface area (Å²) in [6.45, 7) is -1.27. The predicted molar refractivity (Wildman–Crippen MR) is 153 cm³/mol.